The Morgan fingerprint density at radius 1 is 1.25 bits per heavy atom. The number of aromatic nitrogens is 1. The van der Waals surface area contributed by atoms with Crippen molar-refractivity contribution in [3.8, 4) is 11.3 Å². The van der Waals surface area contributed by atoms with Crippen LogP contribution in [0.4, 0.5) is 4.39 Å². The highest BCUT2D eigenvalue weighted by molar-refractivity contribution is 5.99. The Hall–Kier alpha value is -2.23. The number of amides is 1. The van der Waals surface area contributed by atoms with Gasteiger partial charge in [-0.05, 0) is 30.3 Å². The molecule has 2 aromatic rings. The van der Waals surface area contributed by atoms with Gasteiger partial charge < -0.3 is 5.73 Å². The van der Waals surface area contributed by atoms with Crippen molar-refractivity contribution in [3.63, 3.8) is 0 Å². The van der Waals surface area contributed by atoms with Crippen LogP contribution in [-0.2, 0) is 0 Å². The maximum atomic E-state index is 13.1. The number of nitrogens with two attached hydrogens (primary N) is 1. The molecule has 3 nitrogen and oxygen atoms in total. The van der Waals surface area contributed by atoms with Gasteiger partial charge in [0.15, 0.2) is 0 Å². The summed E-state index contributed by atoms with van der Waals surface area (Å²) in [6.07, 6.45) is 1.57. The molecule has 1 heterocycles. The van der Waals surface area contributed by atoms with E-state index in [0.29, 0.717) is 11.3 Å². The van der Waals surface area contributed by atoms with Crippen LogP contribution >= 0.6 is 0 Å². The highest BCUT2D eigenvalue weighted by Crippen LogP contribution is 2.22. The average Bonchev–Trinajstić information content (AvgIpc) is 2.29. The summed E-state index contributed by atoms with van der Waals surface area (Å²) in [5.41, 5.74) is 6.41. The average molecular weight is 216 g/mol. The largest absolute Gasteiger partial charge is 0.366 e. The minimum absolute atomic E-state index is 0.264. The van der Waals surface area contributed by atoms with Gasteiger partial charge in [-0.25, -0.2) is 4.39 Å². The second-order valence-electron chi connectivity index (χ2n) is 3.27. The second-order valence-corrected chi connectivity index (χ2v) is 3.27. The monoisotopic (exact) mass is 216 g/mol. The summed E-state index contributed by atoms with van der Waals surface area (Å²) in [5, 5.41) is 0. The number of carbonyl (C=O) groups is 1. The number of primary amides is 1. The molecular formula is C12H9FN2O. The Labute approximate surface area is 91.7 Å². The van der Waals surface area contributed by atoms with Crippen molar-refractivity contribution in [2.24, 2.45) is 5.73 Å². The topological polar surface area (TPSA) is 56.0 Å². The van der Waals surface area contributed by atoms with Crippen LogP contribution in [0.1, 0.15) is 10.4 Å². The summed E-state index contributed by atoms with van der Waals surface area (Å²) in [6.45, 7) is 0. The highest BCUT2D eigenvalue weighted by atomic mass is 19.1. The van der Waals surface area contributed by atoms with E-state index >= 15 is 0 Å². The number of pyridine rings is 1. The summed E-state index contributed by atoms with van der Waals surface area (Å²) in [6, 6.07) is 9.02. The van der Waals surface area contributed by atoms with Gasteiger partial charge in [-0.3, -0.25) is 9.78 Å². The van der Waals surface area contributed by atoms with Gasteiger partial charge in [0.2, 0.25) is 5.91 Å². The lowest BCUT2D eigenvalue weighted by atomic mass is 10.0. The molecule has 4 heteroatoms. The van der Waals surface area contributed by atoms with Crippen LogP contribution in [-0.4, -0.2) is 10.9 Å². The SMILES string of the molecule is NC(=O)c1ccc(F)cc1-c1ccccn1. The van der Waals surface area contributed by atoms with Crippen LogP contribution in [0.2, 0.25) is 0 Å². The molecule has 0 atom stereocenters. The van der Waals surface area contributed by atoms with Crippen LogP contribution < -0.4 is 5.73 Å². The molecule has 0 radical (unpaired) electrons. The van der Waals surface area contributed by atoms with Gasteiger partial charge in [0.25, 0.3) is 0 Å². The summed E-state index contributed by atoms with van der Waals surface area (Å²) >= 11 is 0. The van der Waals surface area contributed by atoms with E-state index in [1.54, 1.807) is 24.4 Å². The highest BCUT2D eigenvalue weighted by Gasteiger charge is 2.11. The van der Waals surface area contributed by atoms with Crippen LogP contribution in [0.15, 0.2) is 42.6 Å². The fourth-order valence-electron chi connectivity index (χ4n) is 1.47. The van der Waals surface area contributed by atoms with Crippen molar-refractivity contribution in [1.82, 2.24) is 4.98 Å². The number of hydrogen-bond acceptors (Lipinski definition) is 2. The van der Waals surface area contributed by atoms with Crippen molar-refractivity contribution in [3.05, 3.63) is 54.0 Å². The normalized spacial score (nSPS) is 10.1. The summed E-state index contributed by atoms with van der Waals surface area (Å²) in [5.74, 6) is -1.02. The van der Waals surface area contributed by atoms with Crippen LogP contribution in [0, 0.1) is 5.82 Å². The van der Waals surface area contributed by atoms with Crippen molar-refractivity contribution in [1.29, 1.82) is 0 Å². The summed E-state index contributed by atoms with van der Waals surface area (Å²) in [4.78, 5) is 15.2. The van der Waals surface area contributed by atoms with Gasteiger partial charge in [0.1, 0.15) is 5.82 Å². The lowest BCUT2D eigenvalue weighted by molar-refractivity contribution is 0.100. The third kappa shape index (κ3) is 1.91. The molecule has 1 aromatic heterocycles. The molecule has 0 spiro atoms. The molecule has 0 saturated carbocycles. The predicted molar refractivity (Wildman–Crippen MR) is 58.1 cm³/mol. The Bertz CT molecular complexity index is 526. The smallest absolute Gasteiger partial charge is 0.249 e. The molecule has 0 aliphatic carbocycles. The molecule has 0 unspecified atom stereocenters. The standard InChI is InChI=1S/C12H9FN2O/c13-8-4-5-9(12(14)16)10(7-8)11-3-1-2-6-15-11/h1-7H,(H2,14,16). The fraction of sp³-hybridized carbons (Fsp3) is 0. The maximum absolute atomic E-state index is 13.1. The molecule has 0 saturated heterocycles. The number of hydrogen-bond donors (Lipinski definition) is 1. The Morgan fingerprint density at radius 3 is 2.69 bits per heavy atom. The van der Waals surface area contributed by atoms with Crippen LogP contribution in [0.5, 0.6) is 0 Å². The maximum Gasteiger partial charge on any atom is 0.249 e. The molecule has 2 rings (SSSR count). The van der Waals surface area contributed by atoms with Gasteiger partial charge in [-0.1, -0.05) is 6.07 Å². The van der Waals surface area contributed by atoms with Gasteiger partial charge >= 0.3 is 0 Å². The predicted octanol–water partition coefficient (Wildman–Crippen LogP) is 1.99. The van der Waals surface area contributed by atoms with Crippen molar-refractivity contribution >= 4 is 5.91 Å². The number of benzene rings is 1. The zero-order valence-electron chi connectivity index (χ0n) is 8.35. The molecule has 0 aliphatic rings. The van der Waals surface area contributed by atoms with Crippen molar-refractivity contribution < 1.29 is 9.18 Å². The zero-order valence-corrected chi connectivity index (χ0v) is 8.35. The summed E-state index contributed by atoms with van der Waals surface area (Å²) in [7, 11) is 0. The van der Waals surface area contributed by atoms with E-state index in [4.69, 9.17) is 5.73 Å². The molecule has 0 bridgehead atoms. The quantitative estimate of drug-likeness (QED) is 0.834. The first kappa shape index (κ1) is 10.3. The number of carbonyl (C=O) groups excluding carboxylic acids is 1. The van der Waals surface area contributed by atoms with Crippen molar-refractivity contribution in [2.75, 3.05) is 0 Å². The lowest BCUT2D eigenvalue weighted by Gasteiger charge is -2.05. The van der Waals surface area contributed by atoms with E-state index in [2.05, 4.69) is 4.98 Å². The minimum atomic E-state index is -0.597. The molecule has 80 valence electrons. The molecule has 0 fully saturated rings. The lowest BCUT2D eigenvalue weighted by Crippen LogP contribution is -2.12. The van der Waals surface area contributed by atoms with E-state index in [-0.39, 0.29) is 5.56 Å². The molecular weight excluding hydrogens is 207 g/mol. The molecule has 1 amide bonds. The van der Waals surface area contributed by atoms with Gasteiger partial charge in [0, 0.05) is 17.3 Å². The summed E-state index contributed by atoms with van der Waals surface area (Å²) < 4.78 is 13.1. The first-order valence-corrected chi connectivity index (χ1v) is 4.69. The number of rotatable bonds is 2. The third-order valence-corrected chi connectivity index (χ3v) is 2.19. The molecule has 1 aromatic carbocycles. The van der Waals surface area contributed by atoms with Gasteiger partial charge in [-0.15, -0.1) is 0 Å². The third-order valence-electron chi connectivity index (χ3n) is 2.19. The van der Waals surface area contributed by atoms with Gasteiger partial charge in [0.05, 0.1) is 5.69 Å². The van der Waals surface area contributed by atoms with Crippen molar-refractivity contribution in [2.45, 2.75) is 0 Å². The number of halogens is 1. The molecule has 16 heavy (non-hydrogen) atoms. The second kappa shape index (κ2) is 4.10. The number of nitrogens with zero attached hydrogens (tertiary/aromatic N) is 1. The zero-order chi connectivity index (χ0) is 11.5. The van der Waals surface area contributed by atoms with Gasteiger partial charge in [-0.2, -0.15) is 0 Å². The first-order valence-electron chi connectivity index (χ1n) is 4.69. The minimum Gasteiger partial charge on any atom is -0.366 e. The Balaban J connectivity index is 2.63. The van der Waals surface area contributed by atoms with Crippen LogP contribution in [0.3, 0.4) is 0 Å². The van der Waals surface area contributed by atoms with Crippen LogP contribution in [0.25, 0.3) is 11.3 Å². The van der Waals surface area contributed by atoms with E-state index < -0.39 is 11.7 Å². The Kier molecular flexibility index (Phi) is 2.64. The molecule has 0 aliphatic heterocycles. The van der Waals surface area contributed by atoms with E-state index in [9.17, 15) is 9.18 Å². The van der Waals surface area contributed by atoms with E-state index in [1.165, 1.54) is 18.2 Å². The fourth-order valence-corrected chi connectivity index (χ4v) is 1.47. The Morgan fingerprint density at radius 2 is 2.06 bits per heavy atom. The van der Waals surface area contributed by atoms with E-state index in [0.717, 1.165) is 0 Å². The van der Waals surface area contributed by atoms with E-state index in [1.807, 2.05) is 0 Å². The first-order chi connectivity index (χ1) is 7.68. The molecule has 2 N–H and O–H groups in total.